The number of ether oxygens (including phenoxy) is 2. The van der Waals surface area contributed by atoms with Crippen molar-refractivity contribution in [1.29, 1.82) is 0 Å². The SMILES string of the molecule is C=C.CCOC(=O)OCC.O=C(O)O.[H-].[Li+]. The Labute approximate surface area is 103 Å². The summed E-state index contributed by atoms with van der Waals surface area (Å²) in [6.07, 6.45) is -2.42. The first-order valence-electron chi connectivity index (χ1n) is 3.76. The zero-order chi connectivity index (χ0) is 12.0. The van der Waals surface area contributed by atoms with Crippen LogP contribution in [0.3, 0.4) is 0 Å². The summed E-state index contributed by atoms with van der Waals surface area (Å²) in [5, 5.41) is 13.9. The van der Waals surface area contributed by atoms with Gasteiger partial charge in [0.05, 0.1) is 13.2 Å². The molecule has 0 radical (unpaired) electrons. The van der Waals surface area contributed by atoms with Crippen LogP contribution in [0.1, 0.15) is 15.3 Å². The van der Waals surface area contributed by atoms with Crippen LogP contribution in [0.5, 0.6) is 0 Å². The molecule has 6 nitrogen and oxygen atoms in total. The minimum absolute atomic E-state index is 0. The third kappa shape index (κ3) is 64.0. The molecule has 0 rings (SSSR count). The maximum Gasteiger partial charge on any atom is 1.00 e. The number of rotatable bonds is 2. The Morgan fingerprint density at radius 1 is 1.13 bits per heavy atom. The fourth-order valence-corrected chi connectivity index (χ4v) is 0.277. The molecule has 0 saturated heterocycles. The molecule has 0 aromatic heterocycles. The number of carbonyl (C=O) groups is 2. The average Bonchev–Trinajstić information content (AvgIpc) is 2.08. The molecular weight excluding hydrogens is 199 g/mol. The smallest absolute Gasteiger partial charge is 1.00 e. The Hall–Kier alpha value is -1.12. The molecule has 0 unspecified atom stereocenters. The Bertz CT molecular complexity index is 143. The Morgan fingerprint density at radius 3 is 1.47 bits per heavy atom. The fraction of sp³-hybridized carbons (Fsp3) is 0.500. The second-order valence-electron chi connectivity index (χ2n) is 1.40. The maximum absolute atomic E-state index is 10.2. The normalized spacial score (nSPS) is 6.27. The molecule has 2 N–H and O–H groups in total. The van der Waals surface area contributed by atoms with Crippen molar-refractivity contribution in [2.75, 3.05) is 13.2 Å². The molecule has 0 atom stereocenters. The van der Waals surface area contributed by atoms with E-state index in [4.69, 9.17) is 15.0 Å². The first kappa shape index (κ1) is 23.6. The van der Waals surface area contributed by atoms with E-state index in [0.717, 1.165) is 0 Å². The van der Waals surface area contributed by atoms with Gasteiger partial charge < -0.3 is 21.1 Å². The molecule has 0 fully saturated rings. The predicted molar refractivity (Wildman–Crippen MR) is 51.7 cm³/mol. The van der Waals surface area contributed by atoms with Crippen molar-refractivity contribution in [2.45, 2.75) is 13.8 Å². The van der Waals surface area contributed by atoms with Crippen LogP contribution in [0.25, 0.3) is 0 Å². The van der Waals surface area contributed by atoms with Crippen molar-refractivity contribution in [3.8, 4) is 0 Å². The van der Waals surface area contributed by atoms with Crippen LogP contribution >= 0.6 is 0 Å². The average molecular weight is 216 g/mol. The fourth-order valence-electron chi connectivity index (χ4n) is 0.277. The summed E-state index contributed by atoms with van der Waals surface area (Å²) in [5.41, 5.74) is 0. The second kappa shape index (κ2) is 23.1. The van der Waals surface area contributed by atoms with Crippen LogP contribution in [-0.4, -0.2) is 35.7 Å². The van der Waals surface area contributed by atoms with E-state index in [1.165, 1.54) is 0 Å². The summed E-state index contributed by atoms with van der Waals surface area (Å²) in [4.78, 5) is 18.8. The van der Waals surface area contributed by atoms with Crippen LogP contribution in [0.15, 0.2) is 13.2 Å². The molecule has 0 amide bonds. The first-order chi connectivity index (χ1) is 6.54. The van der Waals surface area contributed by atoms with Crippen molar-refractivity contribution in [3.05, 3.63) is 13.2 Å². The summed E-state index contributed by atoms with van der Waals surface area (Å²) in [7, 11) is 0. The van der Waals surface area contributed by atoms with Crippen molar-refractivity contribution in [2.24, 2.45) is 0 Å². The minimum atomic E-state index is -1.83. The summed E-state index contributed by atoms with van der Waals surface area (Å²) in [5.74, 6) is 0. The van der Waals surface area contributed by atoms with E-state index >= 15 is 0 Å². The quantitative estimate of drug-likeness (QED) is 0.361. The Morgan fingerprint density at radius 2 is 1.33 bits per heavy atom. The maximum atomic E-state index is 10.2. The van der Waals surface area contributed by atoms with Gasteiger partial charge in [0, 0.05) is 0 Å². The van der Waals surface area contributed by atoms with E-state index in [1.807, 2.05) is 0 Å². The molecule has 15 heavy (non-hydrogen) atoms. The molecule has 86 valence electrons. The van der Waals surface area contributed by atoms with Crippen LogP contribution in [-0.2, 0) is 9.47 Å². The molecule has 0 aromatic carbocycles. The van der Waals surface area contributed by atoms with Gasteiger partial charge in [0.1, 0.15) is 0 Å². The number of hydrogen-bond donors (Lipinski definition) is 2. The summed E-state index contributed by atoms with van der Waals surface area (Å²) < 4.78 is 8.84. The van der Waals surface area contributed by atoms with Gasteiger partial charge in [0.15, 0.2) is 0 Å². The zero-order valence-electron chi connectivity index (χ0n) is 10.4. The van der Waals surface area contributed by atoms with Crippen LogP contribution in [0, 0.1) is 0 Å². The van der Waals surface area contributed by atoms with E-state index in [2.05, 4.69) is 22.6 Å². The van der Waals surface area contributed by atoms with Crippen molar-refractivity contribution in [1.82, 2.24) is 0 Å². The molecule has 7 heteroatoms. The van der Waals surface area contributed by atoms with Gasteiger partial charge in [0.25, 0.3) is 0 Å². The van der Waals surface area contributed by atoms with E-state index in [1.54, 1.807) is 13.8 Å². The van der Waals surface area contributed by atoms with Gasteiger partial charge in [-0.25, -0.2) is 9.59 Å². The topological polar surface area (TPSA) is 93.1 Å². The predicted octanol–water partition coefficient (Wildman–Crippen LogP) is -0.679. The third-order valence-electron chi connectivity index (χ3n) is 0.524. The molecule has 0 heterocycles. The van der Waals surface area contributed by atoms with E-state index in [-0.39, 0.29) is 20.3 Å². The molecule has 0 aliphatic heterocycles. The second-order valence-corrected chi connectivity index (χ2v) is 1.40. The largest absolute Gasteiger partial charge is 1.00 e. The van der Waals surface area contributed by atoms with E-state index in [0.29, 0.717) is 13.2 Å². The van der Waals surface area contributed by atoms with Gasteiger partial charge in [-0.05, 0) is 13.8 Å². The molecular formula is C8H17LiO6. The van der Waals surface area contributed by atoms with Crippen molar-refractivity contribution in [3.63, 3.8) is 0 Å². The molecule has 0 aromatic rings. The van der Waals surface area contributed by atoms with Crippen molar-refractivity contribution >= 4 is 12.3 Å². The summed E-state index contributed by atoms with van der Waals surface area (Å²) >= 11 is 0. The molecule has 0 bridgehead atoms. The molecule has 0 aliphatic rings. The van der Waals surface area contributed by atoms with E-state index < -0.39 is 12.3 Å². The zero-order valence-corrected chi connectivity index (χ0v) is 9.36. The Kier molecular flexibility index (Phi) is 36.2. The molecule has 0 spiro atoms. The van der Waals surface area contributed by atoms with Crippen LogP contribution in [0.4, 0.5) is 9.59 Å². The van der Waals surface area contributed by atoms with Gasteiger partial charge in [-0.2, -0.15) is 0 Å². The van der Waals surface area contributed by atoms with Gasteiger partial charge in [-0.3, -0.25) is 0 Å². The Balaban J connectivity index is -0.0000000439. The van der Waals surface area contributed by atoms with Gasteiger partial charge in [0.2, 0.25) is 0 Å². The van der Waals surface area contributed by atoms with Crippen LogP contribution in [0.2, 0.25) is 0 Å². The van der Waals surface area contributed by atoms with E-state index in [9.17, 15) is 4.79 Å². The standard InChI is InChI=1S/C5H10O3.C2H4.CH2O3.Li.H/c1-3-7-5(6)8-4-2;1-2;2-1(3)4;;/h3-4H2,1-2H3;1-2H2;(H2,2,3,4);;/q;;;+1;-1. The third-order valence-corrected chi connectivity index (χ3v) is 0.524. The number of hydrogen-bond acceptors (Lipinski definition) is 4. The number of carbonyl (C=O) groups excluding carboxylic acids is 1. The minimum Gasteiger partial charge on any atom is -1.00 e. The van der Waals surface area contributed by atoms with Gasteiger partial charge >= 0.3 is 31.2 Å². The summed E-state index contributed by atoms with van der Waals surface area (Å²) in [6.45, 7) is 10.2. The molecule has 0 aliphatic carbocycles. The molecule has 0 saturated carbocycles. The number of carboxylic acid groups (broad SMARTS) is 2. The monoisotopic (exact) mass is 216 g/mol. The first-order valence-corrected chi connectivity index (χ1v) is 3.76. The van der Waals surface area contributed by atoms with Gasteiger partial charge in [-0.1, -0.05) is 0 Å². The van der Waals surface area contributed by atoms with Crippen molar-refractivity contribution < 1.29 is 49.6 Å². The van der Waals surface area contributed by atoms with Crippen LogP contribution < -0.4 is 18.9 Å². The summed E-state index contributed by atoms with van der Waals surface area (Å²) in [6, 6.07) is 0. The van der Waals surface area contributed by atoms with Gasteiger partial charge in [-0.15, -0.1) is 13.2 Å².